The van der Waals surface area contributed by atoms with Crippen molar-refractivity contribution in [2.45, 2.75) is 33.2 Å². The van der Waals surface area contributed by atoms with Crippen molar-refractivity contribution in [3.05, 3.63) is 28.7 Å². The highest BCUT2D eigenvalue weighted by atomic mass is 79.9. The van der Waals surface area contributed by atoms with E-state index in [0.29, 0.717) is 18.6 Å². The van der Waals surface area contributed by atoms with E-state index in [9.17, 15) is 0 Å². The van der Waals surface area contributed by atoms with E-state index in [-0.39, 0.29) is 0 Å². The Bertz CT molecular complexity index is 330. The molecule has 0 aliphatic carbocycles. The number of nitrogens with one attached hydrogen (secondary N) is 1. The molecule has 2 atom stereocenters. The highest BCUT2D eigenvalue weighted by Gasteiger charge is 2.08. The van der Waals surface area contributed by atoms with E-state index >= 15 is 0 Å². The largest absolute Gasteiger partial charge is 0.492 e. The number of hydrogen-bond donors (Lipinski definition) is 1. The van der Waals surface area contributed by atoms with Crippen molar-refractivity contribution in [3.63, 3.8) is 0 Å². The number of ether oxygens (including phenoxy) is 1. The fraction of sp³-hybridized carbons (Fsp3) is 0.571. The average molecular weight is 300 g/mol. The second kappa shape index (κ2) is 7.72. The first-order valence-electron chi connectivity index (χ1n) is 6.25. The summed E-state index contributed by atoms with van der Waals surface area (Å²) in [6.07, 6.45) is 1.21. The predicted octanol–water partition coefficient (Wildman–Crippen LogP) is 3.85. The molecule has 0 aliphatic rings. The zero-order valence-electron chi connectivity index (χ0n) is 10.9. The van der Waals surface area contributed by atoms with Gasteiger partial charge in [-0.15, -0.1) is 0 Å². The van der Waals surface area contributed by atoms with Crippen molar-refractivity contribution in [3.8, 4) is 5.75 Å². The zero-order chi connectivity index (χ0) is 12.7. The van der Waals surface area contributed by atoms with Gasteiger partial charge in [-0.2, -0.15) is 0 Å². The maximum absolute atomic E-state index is 5.66. The van der Waals surface area contributed by atoms with Crippen molar-refractivity contribution < 1.29 is 4.74 Å². The molecule has 0 heterocycles. The zero-order valence-corrected chi connectivity index (χ0v) is 12.5. The van der Waals surface area contributed by atoms with Gasteiger partial charge in [0.1, 0.15) is 12.4 Å². The molecule has 17 heavy (non-hydrogen) atoms. The quantitative estimate of drug-likeness (QED) is 0.772. The van der Waals surface area contributed by atoms with Crippen molar-refractivity contribution >= 4 is 15.9 Å². The van der Waals surface area contributed by atoms with Crippen LogP contribution in [0.1, 0.15) is 27.2 Å². The molecule has 0 aromatic heterocycles. The van der Waals surface area contributed by atoms with Gasteiger partial charge >= 0.3 is 0 Å². The summed E-state index contributed by atoms with van der Waals surface area (Å²) < 4.78 is 6.71. The first-order valence-corrected chi connectivity index (χ1v) is 7.04. The molecule has 0 saturated heterocycles. The minimum absolute atomic E-state index is 0.547. The Morgan fingerprint density at radius 3 is 2.76 bits per heavy atom. The van der Waals surface area contributed by atoms with Crippen molar-refractivity contribution in [2.24, 2.45) is 5.92 Å². The predicted molar refractivity (Wildman–Crippen MR) is 76.6 cm³/mol. The molecule has 1 N–H and O–H groups in total. The molecule has 0 saturated carbocycles. The van der Waals surface area contributed by atoms with Crippen LogP contribution < -0.4 is 10.1 Å². The summed E-state index contributed by atoms with van der Waals surface area (Å²) in [5.41, 5.74) is 0. The monoisotopic (exact) mass is 299 g/mol. The summed E-state index contributed by atoms with van der Waals surface area (Å²) >= 11 is 3.43. The Morgan fingerprint density at radius 2 is 2.12 bits per heavy atom. The van der Waals surface area contributed by atoms with Crippen LogP contribution in [0.15, 0.2) is 28.7 Å². The van der Waals surface area contributed by atoms with Gasteiger partial charge in [-0.3, -0.25) is 0 Å². The summed E-state index contributed by atoms with van der Waals surface area (Å²) in [6, 6.07) is 8.48. The fourth-order valence-electron chi connectivity index (χ4n) is 1.57. The maximum Gasteiger partial charge on any atom is 0.120 e. The number of rotatable bonds is 7. The Labute approximate surface area is 113 Å². The molecule has 1 aromatic rings. The summed E-state index contributed by atoms with van der Waals surface area (Å²) in [7, 11) is 0. The van der Waals surface area contributed by atoms with Crippen LogP contribution in [-0.4, -0.2) is 19.2 Å². The van der Waals surface area contributed by atoms with Crippen LogP contribution in [-0.2, 0) is 0 Å². The molecule has 0 spiro atoms. The van der Waals surface area contributed by atoms with E-state index < -0.39 is 0 Å². The van der Waals surface area contributed by atoms with Gasteiger partial charge in [-0.25, -0.2) is 0 Å². The van der Waals surface area contributed by atoms with Crippen LogP contribution in [0.2, 0.25) is 0 Å². The second-order valence-electron chi connectivity index (χ2n) is 4.43. The van der Waals surface area contributed by atoms with Crippen LogP contribution >= 0.6 is 15.9 Å². The highest BCUT2D eigenvalue weighted by Crippen LogP contribution is 2.17. The standard InChI is InChI=1S/C14H22BrNO/c1-4-11(2)12(3)16-8-9-17-14-7-5-6-13(15)10-14/h5-7,10-12,16H,4,8-9H2,1-3H3. The summed E-state index contributed by atoms with van der Waals surface area (Å²) in [5, 5.41) is 3.48. The van der Waals surface area contributed by atoms with Crippen LogP contribution in [0.25, 0.3) is 0 Å². The van der Waals surface area contributed by atoms with Crippen LogP contribution in [0, 0.1) is 5.92 Å². The lowest BCUT2D eigenvalue weighted by Crippen LogP contribution is -2.34. The molecular weight excluding hydrogens is 278 g/mol. The molecular formula is C14H22BrNO. The lowest BCUT2D eigenvalue weighted by Gasteiger charge is -2.19. The molecule has 96 valence electrons. The van der Waals surface area contributed by atoms with Gasteiger partial charge in [0.2, 0.25) is 0 Å². The topological polar surface area (TPSA) is 21.3 Å². The van der Waals surface area contributed by atoms with Gasteiger partial charge in [0, 0.05) is 17.1 Å². The molecule has 0 aliphatic heterocycles. The lowest BCUT2D eigenvalue weighted by atomic mass is 10.0. The smallest absolute Gasteiger partial charge is 0.120 e. The molecule has 2 nitrogen and oxygen atoms in total. The average Bonchev–Trinajstić information content (AvgIpc) is 2.33. The molecule has 0 fully saturated rings. The third-order valence-corrected chi connectivity index (χ3v) is 3.62. The van der Waals surface area contributed by atoms with E-state index in [4.69, 9.17) is 4.74 Å². The molecule has 1 rings (SSSR count). The van der Waals surface area contributed by atoms with Gasteiger partial charge in [0.15, 0.2) is 0 Å². The molecule has 3 heteroatoms. The Balaban J connectivity index is 2.20. The van der Waals surface area contributed by atoms with Gasteiger partial charge in [-0.05, 0) is 31.0 Å². The van der Waals surface area contributed by atoms with Crippen LogP contribution in [0.3, 0.4) is 0 Å². The first kappa shape index (κ1) is 14.5. The minimum Gasteiger partial charge on any atom is -0.492 e. The lowest BCUT2D eigenvalue weighted by molar-refractivity contribution is 0.292. The van der Waals surface area contributed by atoms with Gasteiger partial charge in [-0.1, -0.05) is 42.3 Å². The van der Waals surface area contributed by atoms with E-state index in [1.165, 1.54) is 6.42 Å². The Kier molecular flexibility index (Phi) is 6.60. The van der Waals surface area contributed by atoms with E-state index in [1.807, 2.05) is 24.3 Å². The molecule has 0 radical (unpaired) electrons. The molecule has 0 amide bonds. The Morgan fingerprint density at radius 1 is 1.35 bits per heavy atom. The minimum atomic E-state index is 0.547. The second-order valence-corrected chi connectivity index (χ2v) is 5.35. The van der Waals surface area contributed by atoms with Gasteiger partial charge < -0.3 is 10.1 Å². The molecule has 2 unspecified atom stereocenters. The van der Waals surface area contributed by atoms with Crippen molar-refractivity contribution in [1.29, 1.82) is 0 Å². The molecule has 0 bridgehead atoms. The fourth-order valence-corrected chi connectivity index (χ4v) is 1.95. The highest BCUT2D eigenvalue weighted by molar-refractivity contribution is 9.10. The van der Waals surface area contributed by atoms with Gasteiger partial charge in [0.25, 0.3) is 0 Å². The third-order valence-electron chi connectivity index (χ3n) is 3.13. The number of hydrogen-bond acceptors (Lipinski definition) is 2. The van der Waals surface area contributed by atoms with Gasteiger partial charge in [0.05, 0.1) is 0 Å². The summed E-state index contributed by atoms with van der Waals surface area (Å²) in [5.74, 6) is 1.62. The van der Waals surface area contributed by atoms with E-state index in [1.54, 1.807) is 0 Å². The molecule has 1 aromatic carbocycles. The number of benzene rings is 1. The first-order chi connectivity index (χ1) is 8.13. The maximum atomic E-state index is 5.66. The van der Waals surface area contributed by atoms with Crippen LogP contribution in [0.5, 0.6) is 5.75 Å². The Hall–Kier alpha value is -0.540. The summed E-state index contributed by atoms with van der Waals surface area (Å²) in [4.78, 5) is 0. The SMILES string of the molecule is CCC(C)C(C)NCCOc1cccc(Br)c1. The normalized spacial score (nSPS) is 14.4. The number of halogens is 1. The van der Waals surface area contributed by atoms with E-state index in [0.717, 1.165) is 16.8 Å². The van der Waals surface area contributed by atoms with Crippen LogP contribution in [0.4, 0.5) is 0 Å². The summed E-state index contributed by atoms with van der Waals surface area (Å²) in [6.45, 7) is 8.32. The van der Waals surface area contributed by atoms with E-state index in [2.05, 4.69) is 42.0 Å². The van der Waals surface area contributed by atoms with Crippen molar-refractivity contribution in [1.82, 2.24) is 5.32 Å². The third kappa shape index (κ3) is 5.55. The van der Waals surface area contributed by atoms with Crippen molar-refractivity contribution in [2.75, 3.05) is 13.2 Å².